The summed E-state index contributed by atoms with van der Waals surface area (Å²) in [5.74, 6) is -0.252. The van der Waals surface area contributed by atoms with Crippen LogP contribution in [0, 0.1) is 0 Å². The van der Waals surface area contributed by atoms with Crippen LogP contribution in [-0.2, 0) is 16.4 Å². The van der Waals surface area contributed by atoms with Gasteiger partial charge in [-0.25, -0.2) is 8.42 Å². The second-order valence-electron chi connectivity index (χ2n) is 8.63. The van der Waals surface area contributed by atoms with E-state index in [2.05, 4.69) is 22.3 Å². The maximum absolute atomic E-state index is 13.1. The number of hydrogen-bond acceptors (Lipinski definition) is 4. The summed E-state index contributed by atoms with van der Waals surface area (Å²) in [5.41, 5.74) is 5.06. The van der Waals surface area contributed by atoms with Gasteiger partial charge in [-0.05, 0) is 78.5 Å². The molecule has 5 rings (SSSR count). The van der Waals surface area contributed by atoms with Crippen LogP contribution in [0.5, 0.6) is 0 Å². The first-order chi connectivity index (χ1) is 16.0. The zero-order valence-electron chi connectivity index (χ0n) is 18.3. The molecule has 0 saturated carbocycles. The van der Waals surface area contributed by atoms with Gasteiger partial charge in [0.1, 0.15) is 0 Å². The highest BCUT2D eigenvalue weighted by Gasteiger charge is 2.21. The van der Waals surface area contributed by atoms with E-state index < -0.39 is 9.84 Å². The summed E-state index contributed by atoms with van der Waals surface area (Å²) in [6, 6.07) is 21.0. The van der Waals surface area contributed by atoms with Gasteiger partial charge in [0.25, 0.3) is 5.91 Å². The predicted octanol–water partition coefficient (Wildman–Crippen LogP) is 5.35. The number of piperidine rings is 1. The number of hydrogen-bond donors (Lipinski definition) is 1. The minimum absolute atomic E-state index is 0.227. The third-order valence-electron chi connectivity index (χ3n) is 6.30. The Labute approximate surface area is 194 Å². The average molecular weight is 459 g/mol. The van der Waals surface area contributed by atoms with E-state index >= 15 is 0 Å². The number of carbonyl (C=O) groups excluding carboxylic acids is 1. The first kappa shape index (κ1) is 21.6. The molecule has 0 spiro atoms. The lowest BCUT2D eigenvalue weighted by atomic mass is 9.96. The number of sulfone groups is 1. The van der Waals surface area contributed by atoms with Crippen LogP contribution in [0.25, 0.3) is 17.2 Å². The van der Waals surface area contributed by atoms with E-state index in [1.54, 1.807) is 18.2 Å². The second kappa shape index (κ2) is 8.96. The summed E-state index contributed by atoms with van der Waals surface area (Å²) >= 11 is 0. The van der Waals surface area contributed by atoms with Crippen molar-refractivity contribution < 1.29 is 13.2 Å². The Morgan fingerprint density at radius 3 is 2.48 bits per heavy atom. The first-order valence-corrected chi connectivity index (χ1v) is 12.8. The lowest BCUT2D eigenvalue weighted by Gasteiger charge is -2.27. The van der Waals surface area contributed by atoms with Gasteiger partial charge >= 0.3 is 0 Å². The van der Waals surface area contributed by atoms with E-state index in [-0.39, 0.29) is 10.8 Å². The van der Waals surface area contributed by atoms with Crippen LogP contribution in [0.3, 0.4) is 0 Å². The molecule has 1 fully saturated rings. The largest absolute Gasteiger partial charge is 0.322 e. The number of fused-ring (bicyclic) bond motifs is 1. The Balaban J connectivity index is 1.43. The van der Waals surface area contributed by atoms with Crippen LogP contribution in [0.1, 0.15) is 40.7 Å². The molecule has 0 radical (unpaired) electrons. The fraction of sp³-hybridized carbons (Fsp3) is 0.222. The van der Waals surface area contributed by atoms with E-state index in [0.717, 1.165) is 36.3 Å². The van der Waals surface area contributed by atoms with Gasteiger partial charge in [-0.2, -0.15) is 0 Å². The highest BCUT2D eigenvalue weighted by atomic mass is 32.2. The van der Waals surface area contributed by atoms with Crippen molar-refractivity contribution in [1.82, 2.24) is 4.90 Å². The van der Waals surface area contributed by atoms with Crippen molar-refractivity contribution in [3.63, 3.8) is 0 Å². The van der Waals surface area contributed by atoms with Crippen LogP contribution in [0.4, 0.5) is 5.69 Å². The van der Waals surface area contributed by atoms with Crippen molar-refractivity contribution in [1.29, 1.82) is 0 Å². The average Bonchev–Trinajstić information content (AvgIpc) is 3.14. The number of likely N-dealkylation sites (tertiary alicyclic amines) is 1. The zero-order valence-corrected chi connectivity index (χ0v) is 19.1. The minimum atomic E-state index is -3.43. The van der Waals surface area contributed by atoms with E-state index in [4.69, 9.17) is 0 Å². The van der Waals surface area contributed by atoms with Gasteiger partial charge in [-0.15, -0.1) is 0 Å². The Hall–Kier alpha value is -3.22. The molecule has 2 aliphatic rings. The molecule has 3 aromatic carbocycles. The number of amides is 1. The van der Waals surface area contributed by atoms with Gasteiger partial charge in [0.2, 0.25) is 9.84 Å². The summed E-state index contributed by atoms with van der Waals surface area (Å²) in [7, 11) is -3.43. The highest BCUT2D eigenvalue weighted by Crippen LogP contribution is 2.30. The van der Waals surface area contributed by atoms with Crippen LogP contribution >= 0.6 is 0 Å². The molecular weight excluding hydrogens is 432 g/mol. The lowest BCUT2D eigenvalue weighted by Crippen LogP contribution is -2.29. The normalized spacial score (nSPS) is 17.0. The molecule has 0 aromatic heterocycles. The van der Waals surface area contributed by atoms with E-state index in [1.807, 2.05) is 36.4 Å². The molecule has 1 N–H and O–H groups in total. The van der Waals surface area contributed by atoms with Crippen molar-refractivity contribution >= 4 is 27.5 Å². The van der Waals surface area contributed by atoms with Crippen LogP contribution in [-0.4, -0.2) is 32.3 Å². The molecule has 2 aliphatic heterocycles. The molecule has 1 saturated heterocycles. The maximum Gasteiger partial charge on any atom is 0.255 e. The van der Waals surface area contributed by atoms with Crippen LogP contribution in [0.2, 0.25) is 0 Å². The fourth-order valence-electron chi connectivity index (χ4n) is 4.56. The van der Waals surface area contributed by atoms with Crippen molar-refractivity contribution in [2.45, 2.75) is 30.7 Å². The number of nitrogens with one attached hydrogen (secondary N) is 1. The number of nitrogens with zero attached hydrogens (tertiary/aromatic N) is 1. The molecule has 168 valence electrons. The number of anilines is 1. The summed E-state index contributed by atoms with van der Waals surface area (Å²) in [6.45, 7) is 2.94. The standard InChI is InChI=1S/C27H26N2O3S/c30-27(28-24-11-9-21-13-16-33(31,32)26(21)18-24)22-10-12-25(20-7-3-1-4-8-20)23(17-22)19-29-14-5-2-6-15-29/h1,3-4,7-13,16-18H,2,5-6,14-15,19H2,(H,28,30). The Morgan fingerprint density at radius 1 is 0.909 bits per heavy atom. The maximum atomic E-state index is 13.1. The smallest absolute Gasteiger partial charge is 0.255 e. The third-order valence-corrected chi connectivity index (χ3v) is 7.76. The fourth-order valence-corrected chi connectivity index (χ4v) is 5.79. The third kappa shape index (κ3) is 4.63. The molecule has 0 unspecified atom stereocenters. The molecule has 1 amide bonds. The van der Waals surface area contributed by atoms with Crippen LogP contribution in [0.15, 0.2) is 77.0 Å². The van der Waals surface area contributed by atoms with Gasteiger partial charge in [0.05, 0.1) is 4.90 Å². The zero-order chi connectivity index (χ0) is 22.8. The predicted molar refractivity (Wildman–Crippen MR) is 132 cm³/mol. The van der Waals surface area contributed by atoms with Gasteiger partial charge in [0, 0.05) is 23.2 Å². The Bertz CT molecular complexity index is 1320. The van der Waals surface area contributed by atoms with E-state index in [1.165, 1.54) is 30.7 Å². The molecule has 33 heavy (non-hydrogen) atoms. The number of benzene rings is 3. The van der Waals surface area contributed by atoms with E-state index in [9.17, 15) is 13.2 Å². The molecule has 0 bridgehead atoms. The molecule has 3 aromatic rings. The van der Waals surface area contributed by atoms with Crippen molar-refractivity contribution in [2.24, 2.45) is 0 Å². The summed E-state index contributed by atoms with van der Waals surface area (Å²) in [4.78, 5) is 15.8. The van der Waals surface area contributed by atoms with Gasteiger partial charge in [-0.3, -0.25) is 9.69 Å². The van der Waals surface area contributed by atoms with Gasteiger partial charge in [-0.1, -0.05) is 48.9 Å². The molecule has 2 heterocycles. The quantitative estimate of drug-likeness (QED) is 0.560. The van der Waals surface area contributed by atoms with Crippen molar-refractivity contribution in [2.75, 3.05) is 18.4 Å². The SMILES string of the molecule is O=C(Nc1ccc2c(c1)S(=O)(=O)C=C2)c1ccc(-c2ccccc2)c(CN2CCCCC2)c1. The minimum Gasteiger partial charge on any atom is -0.322 e. The van der Waals surface area contributed by atoms with Gasteiger partial charge < -0.3 is 5.32 Å². The molecule has 0 atom stereocenters. The van der Waals surface area contributed by atoms with Crippen LogP contribution < -0.4 is 5.32 Å². The molecular formula is C27H26N2O3S. The molecule has 0 aliphatic carbocycles. The van der Waals surface area contributed by atoms with Crippen molar-refractivity contribution in [3.05, 3.63) is 88.8 Å². The summed E-state index contributed by atoms with van der Waals surface area (Å²) in [6.07, 6.45) is 5.26. The first-order valence-electron chi connectivity index (χ1n) is 11.3. The Morgan fingerprint density at radius 2 is 1.70 bits per heavy atom. The molecule has 5 nitrogen and oxygen atoms in total. The second-order valence-corrected chi connectivity index (χ2v) is 10.4. The highest BCUT2D eigenvalue weighted by molar-refractivity contribution is 7.94. The van der Waals surface area contributed by atoms with Gasteiger partial charge in [0.15, 0.2) is 0 Å². The number of rotatable bonds is 5. The summed E-state index contributed by atoms with van der Waals surface area (Å²) in [5, 5.41) is 4.06. The number of carbonyl (C=O) groups is 1. The molecule has 6 heteroatoms. The summed E-state index contributed by atoms with van der Waals surface area (Å²) < 4.78 is 24.3. The Kier molecular flexibility index (Phi) is 5.87. The van der Waals surface area contributed by atoms with E-state index in [0.29, 0.717) is 16.8 Å². The van der Waals surface area contributed by atoms with Crippen molar-refractivity contribution in [3.8, 4) is 11.1 Å². The monoisotopic (exact) mass is 458 g/mol. The lowest BCUT2D eigenvalue weighted by molar-refractivity contribution is 0.102. The topological polar surface area (TPSA) is 66.5 Å².